The highest BCUT2D eigenvalue weighted by atomic mass is 16.2. The minimum absolute atomic E-state index is 0.0308. The van der Waals surface area contributed by atoms with Crippen molar-refractivity contribution >= 4 is 5.91 Å². The van der Waals surface area contributed by atoms with Crippen LogP contribution in [0.25, 0.3) is 0 Å². The number of nitrogens with zero attached hydrogens (tertiary/aromatic N) is 2. The Balaban J connectivity index is 1.93. The lowest BCUT2D eigenvalue weighted by atomic mass is 9.89. The molecule has 1 amide bonds. The molecule has 0 aromatic heterocycles. The molecule has 0 radical (unpaired) electrons. The average Bonchev–Trinajstić information content (AvgIpc) is 2.48. The van der Waals surface area contributed by atoms with Crippen LogP contribution in [0.2, 0.25) is 0 Å². The summed E-state index contributed by atoms with van der Waals surface area (Å²) < 4.78 is 0. The van der Waals surface area contributed by atoms with Gasteiger partial charge in [-0.05, 0) is 44.8 Å². The number of benzene rings is 1. The minimum atomic E-state index is 0.0308. The smallest absolute Gasteiger partial charge is 0.239 e. The number of hydrogen-bond acceptors (Lipinski definition) is 2. The number of amides is 1. The van der Waals surface area contributed by atoms with E-state index >= 15 is 0 Å². The fourth-order valence-electron chi connectivity index (χ4n) is 3.13. The maximum absolute atomic E-state index is 12.5. The highest BCUT2D eigenvalue weighted by molar-refractivity contribution is 5.81. The van der Waals surface area contributed by atoms with E-state index in [4.69, 9.17) is 0 Å². The molecule has 1 aliphatic heterocycles. The van der Waals surface area contributed by atoms with Gasteiger partial charge in [-0.2, -0.15) is 0 Å². The topological polar surface area (TPSA) is 23.6 Å². The summed E-state index contributed by atoms with van der Waals surface area (Å²) >= 11 is 0. The summed E-state index contributed by atoms with van der Waals surface area (Å²) in [5.74, 6) is 0.906. The Hall–Kier alpha value is -1.35. The van der Waals surface area contributed by atoms with Crippen molar-refractivity contribution in [1.29, 1.82) is 0 Å². The van der Waals surface area contributed by atoms with Crippen LogP contribution in [0.3, 0.4) is 0 Å². The molecule has 20 heavy (non-hydrogen) atoms. The molecule has 0 spiro atoms. The first-order valence-corrected chi connectivity index (χ1v) is 7.63. The second-order valence-corrected chi connectivity index (χ2v) is 5.90. The molecule has 3 heteroatoms. The first-order valence-electron chi connectivity index (χ1n) is 7.63. The molecule has 1 heterocycles. The number of likely N-dealkylation sites (tertiary alicyclic amines) is 1. The van der Waals surface area contributed by atoms with Gasteiger partial charge in [0.05, 0.1) is 6.04 Å². The zero-order valence-corrected chi connectivity index (χ0v) is 12.9. The monoisotopic (exact) mass is 274 g/mol. The third-order valence-electron chi connectivity index (χ3n) is 4.37. The molecule has 1 unspecified atom stereocenters. The Morgan fingerprint density at radius 2 is 1.85 bits per heavy atom. The lowest BCUT2D eigenvalue weighted by Crippen LogP contribution is -2.48. The maximum atomic E-state index is 12.5. The molecular formula is C17H26N2O. The van der Waals surface area contributed by atoms with Crippen molar-refractivity contribution in [3.8, 4) is 0 Å². The summed E-state index contributed by atoms with van der Waals surface area (Å²) in [7, 11) is 3.98. The summed E-state index contributed by atoms with van der Waals surface area (Å²) in [4.78, 5) is 16.6. The van der Waals surface area contributed by atoms with E-state index in [1.54, 1.807) is 0 Å². The molecule has 1 aromatic rings. The van der Waals surface area contributed by atoms with Crippen molar-refractivity contribution in [2.75, 3.05) is 27.2 Å². The van der Waals surface area contributed by atoms with Gasteiger partial charge in [-0.25, -0.2) is 0 Å². The van der Waals surface area contributed by atoms with Crippen LogP contribution in [0.4, 0.5) is 0 Å². The van der Waals surface area contributed by atoms with E-state index in [1.165, 1.54) is 5.56 Å². The fourth-order valence-corrected chi connectivity index (χ4v) is 3.13. The Morgan fingerprint density at radius 1 is 1.25 bits per heavy atom. The van der Waals surface area contributed by atoms with E-state index in [0.29, 0.717) is 11.8 Å². The highest BCUT2D eigenvalue weighted by Crippen LogP contribution is 2.28. The lowest BCUT2D eigenvalue weighted by Gasteiger charge is -2.35. The quantitative estimate of drug-likeness (QED) is 0.843. The molecule has 110 valence electrons. The molecule has 0 saturated carbocycles. The minimum Gasteiger partial charge on any atom is -0.341 e. The molecule has 0 bridgehead atoms. The standard InChI is InChI=1S/C17H26N2O/c1-4-16(18(2)3)17(20)19-12-10-15(11-13-19)14-8-6-5-7-9-14/h5-9,15-16H,4,10-13H2,1-3H3. The number of likely N-dealkylation sites (N-methyl/N-ethyl adjacent to an activating group) is 1. The Labute approximate surface area is 122 Å². The van der Waals surface area contributed by atoms with Crippen molar-refractivity contribution in [1.82, 2.24) is 9.80 Å². The molecule has 1 aromatic carbocycles. The molecule has 1 fully saturated rings. The van der Waals surface area contributed by atoms with Crippen molar-refractivity contribution in [2.45, 2.75) is 38.1 Å². The second kappa shape index (κ2) is 6.89. The molecule has 0 aliphatic carbocycles. The fraction of sp³-hybridized carbons (Fsp3) is 0.588. The number of piperidine rings is 1. The van der Waals surface area contributed by atoms with Gasteiger partial charge < -0.3 is 4.90 Å². The van der Waals surface area contributed by atoms with Crippen LogP contribution in [0.1, 0.15) is 37.7 Å². The molecule has 2 rings (SSSR count). The SMILES string of the molecule is CCC(C(=O)N1CCC(c2ccccc2)CC1)N(C)C. The van der Waals surface area contributed by atoms with Crippen LogP contribution in [0, 0.1) is 0 Å². The summed E-state index contributed by atoms with van der Waals surface area (Å²) in [5, 5.41) is 0. The van der Waals surface area contributed by atoms with E-state index in [1.807, 2.05) is 23.9 Å². The number of carbonyl (C=O) groups is 1. The van der Waals surface area contributed by atoms with Gasteiger partial charge in [0.25, 0.3) is 0 Å². The zero-order chi connectivity index (χ0) is 14.5. The molecule has 3 nitrogen and oxygen atoms in total. The highest BCUT2D eigenvalue weighted by Gasteiger charge is 2.28. The predicted octanol–water partition coefficient (Wildman–Crippen LogP) is 2.73. The van der Waals surface area contributed by atoms with Gasteiger partial charge in [0.1, 0.15) is 0 Å². The van der Waals surface area contributed by atoms with Crippen molar-refractivity contribution in [3.63, 3.8) is 0 Å². The summed E-state index contributed by atoms with van der Waals surface area (Å²) in [6.45, 7) is 3.87. The molecular weight excluding hydrogens is 248 g/mol. The largest absolute Gasteiger partial charge is 0.341 e. The van der Waals surface area contributed by atoms with Crippen LogP contribution in [0.15, 0.2) is 30.3 Å². The van der Waals surface area contributed by atoms with Crippen LogP contribution >= 0.6 is 0 Å². The third kappa shape index (κ3) is 3.40. The van der Waals surface area contributed by atoms with Crippen molar-refractivity contribution in [3.05, 3.63) is 35.9 Å². The van der Waals surface area contributed by atoms with Crippen LogP contribution in [-0.4, -0.2) is 48.9 Å². The Morgan fingerprint density at radius 3 is 2.35 bits per heavy atom. The molecule has 1 aliphatic rings. The van der Waals surface area contributed by atoms with Gasteiger partial charge in [0.15, 0.2) is 0 Å². The maximum Gasteiger partial charge on any atom is 0.239 e. The molecule has 1 atom stereocenters. The van der Waals surface area contributed by atoms with E-state index in [0.717, 1.165) is 32.4 Å². The zero-order valence-electron chi connectivity index (χ0n) is 12.9. The predicted molar refractivity (Wildman–Crippen MR) is 82.8 cm³/mol. The van der Waals surface area contributed by atoms with E-state index in [2.05, 4.69) is 37.3 Å². The Kier molecular flexibility index (Phi) is 5.18. The van der Waals surface area contributed by atoms with Crippen LogP contribution in [-0.2, 0) is 4.79 Å². The van der Waals surface area contributed by atoms with Gasteiger partial charge in [-0.1, -0.05) is 37.3 Å². The van der Waals surface area contributed by atoms with Crippen LogP contribution in [0.5, 0.6) is 0 Å². The Bertz CT molecular complexity index is 422. The van der Waals surface area contributed by atoms with E-state index in [9.17, 15) is 4.79 Å². The van der Waals surface area contributed by atoms with Crippen molar-refractivity contribution < 1.29 is 4.79 Å². The van der Waals surface area contributed by atoms with E-state index in [-0.39, 0.29) is 6.04 Å². The molecule has 1 saturated heterocycles. The number of rotatable bonds is 4. The summed E-state index contributed by atoms with van der Waals surface area (Å²) in [6.07, 6.45) is 3.05. The normalized spacial score (nSPS) is 18.3. The van der Waals surface area contributed by atoms with Crippen molar-refractivity contribution in [2.24, 2.45) is 0 Å². The van der Waals surface area contributed by atoms with Gasteiger partial charge in [-0.3, -0.25) is 9.69 Å². The third-order valence-corrected chi connectivity index (χ3v) is 4.37. The van der Waals surface area contributed by atoms with Crippen LogP contribution < -0.4 is 0 Å². The van der Waals surface area contributed by atoms with Gasteiger partial charge in [0, 0.05) is 13.1 Å². The number of hydrogen-bond donors (Lipinski definition) is 0. The summed E-state index contributed by atoms with van der Waals surface area (Å²) in [6, 6.07) is 10.7. The first kappa shape index (κ1) is 15.0. The summed E-state index contributed by atoms with van der Waals surface area (Å²) in [5.41, 5.74) is 1.42. The first-order chi connectivity index (χ1) is 9.63. The lowest BCUT2D eigenvalue weighted by molar-refractivity contribution is -0.137. The van der Waals surface area contributed by atoms with Gasteiger partial charge in [0.2, 0.25) is 5.91 Å². The second-order valence-electron chi connectivity index (χ2n) is 5.90. The van der Waals surface area contributed by atoms with E-state index < -0.39 is 0 Å². The number of carbonyl (C=O) groups excluding carboxylic acids is 1. The molecule has 0 N–H and O–H groups in total. The van der Waals surface area contributed by atoms with Gasteiger partial charge >= 0.3 is 0 Å². The average molecular weight is 274 g/mol. The van der Waals surface area contributed by atoms with Gasteiger partial charge in [-0.15, -0.1) is 0 Å².